The van der Waals surface area contributed by atoms with Crippen LogP contribution in [0.2, 0.25) is 0 Å². The van der Waals surface area contributed by atoms with Gasteiger partial charge in [-0.15, -0.1) is 0 Å². The highest BCUT2D eigenvalue weighted by molar-refractivity contribution is 5.90. The first-order valence-corrected chi connectivity index (χ1v) is 7.74. The van der Waals surface area contributed by atoms with Gasteiger partial charge in [0, 0.05) is 30.6 Å². The van der Waals surface area contributed by atoms with Crippen LogP contribution in [0.15, 0.2) is 42.5 Å². The highest BCUT2D eigenvalue weighted by Gasteiger charge is 2.14. The summed E-state index contributed by atoms with van der Waals surface area (Å²) in [5.41, 5.74) is 1.85. The highest BCUT2D eigenvalue weighted by atomic mass is 16.5. The van der Waals surface area contributed by atoms with Crippen LogP contribution >= 0.6 is 0 Å². The van der Waals surface area contributed by atoms with Gasteiger partial charge in [0.05, 0.1) is 0 Å². The van der Waals surface area contributed by atoms with Crippen molar-refractivity contribution in [2.75, 3.05) is 18.0 Å². The largest absolute Gasteiger partial charge is 0.398 e. The van der Waals surface area contributed by atoms with Crippen molar-refractivity contribution >= 4 is 11.8 Å². The number of carbonyl (C=O) groups is 1. The minimum absolute atomic E-state index is 0.290. The smallest absolute Gasteiger partial charge is 0.391 e. The van der Waals surface area contributed by atoms with Crippen LogP contribution in [0.5, 0.6) is 5.88 Å². The normalized spacial score (nSPS) is 13.3. The molecule has 2 aromatic rings. The minimum Gasteiger partial charge on any atom is -0.398 e. The Balaban J connectivity index is 1.69. The molecule has 0 spiro atoms. The van der Waals surface area contributed by atoms with E-state index in [4.69, 9.17) is 4.74 Å². The molecule has 1 saturated heterocycles. The Hall–Kier alpha value is -2.80. The Kier molecular flexibility index (Phi) is 4.58. The molecule has 23 heavy (non-hydrogen) atoms. The lowest BCUT2D eigenvalue weighted by molar-refractivity contribution is -0.128. The van der Waals surface area contributed by atoms with Crippen LogP contribution in [0.1, 0.15) is 24.0 Å². The number of anilines is 1. The predicted molar refractivity (Wildman–Crippen MR) is 89.4 cm³/mol. The van der Waals surface area contributed by atoms with Gasteiger partial charge in [-0.05, 0) is 37.5 Å². The number of pyridine rings is 1. The monoisotopic (exact) mass is 306 g/mol. The molecule has 0 bridgehead atoms. The van der Waals surface area contributed by atoms with E-state index < -0.39 is 5.97 Å². The molecule has 1 aliphatic heterocycles. The average Bonchev–Trinajstić information content (AvgIpc) is 3.09. The van der Waals surface area contributed by atoms with Gasteiger partial charge in [0.15, 0.2) is 0 Å². The zero-order chi connectivity index (χ0) is 16.1. The van der Waals surface area contributed by atoms with Crippen LogP contribution in [0.4, 0.5) is 5.82 Å². The van der Waals surface area contributed by atoms with Crippen molar-refractivity contribution in [1.82, 2.24) is 4.98 Å². The minimum atomic E-state index is -0.598. The molecular formula is C19H18N2O2. The van der Waals surface area contributed by atoms with E-state index in [-0.39, 0.29) is 0 Å². The average molecular weight is 306 g/mol. The van der Waals surface area contributed by atoms with Gasteiger partial charge in [0.1, 0.15) is 5.82 Å². The zero-order valence-electron chi connectivity index (χ0n) is 13.1. The molecule has 0 unspecified atom stereocenters. The lowest BCUT2D eigenvalue weighted by Gasteiger charge is -2.16. The van der Waals surface area contributed by atoms with Crippen molar-refractivity contribution in [1.29, 1.82) is 0 Å². The molecule has 0 amide bonds. The number of hydrogen-bond acceptors (Lipinski definition) is 4. The van der Waals surface area contributed by atoms with Gasteiger partial charge in [-0.1, -0.05) is 30.2 Å². The Bertz CT molecular complexity index is 768. The van der Waals surface area contributed by atoms with Gasteiger partial charge in [-0.2, -0.15) is 4.98 Å². The molecule has 1 aromatic carbocycles. The summed E-state index contributed by atoms with van der Waals surface area (Å²) in [5, 5.41) is 0. The Morgan fingerprint density at radius 2 is 1.91 bits per heavy atom. The molecule has 0 atom stereocenters. The van der Waals surface area contributed by atoms with Crippen LogP contribution in [0, 0.1) is 18.8 Å². The number of carbonyl (C=O) groups excluding carboxylic acids is 1. The van der Waals surface area contributed by atoms with Crippen LogP contribution in [-0.4, -0.2) is 24.0 Å². The summed E-state index contributed by atoms with van der Waals surface area (Å²) in [6.45, 7) is 3.95. The number of nitrogens with zero attached hydrogens (tertiary/aromatic N) is 2. The van der Waals surface area contributed by atoms with Gasteiger partial charge in [-0.3, -0.25) is 0 Å². The number of aryl methyl sites for hydroxylation is 1. The summed E-state index contributed by atoms with van der Waals surface area (Å²) in [4.78, 5) is 18.5. The molecule has 0 N–H and O–H groups in total. The van der Waals surface area contributed by atoms with Gasteiger partial charge >= 0.3 is 5.97 Å². The predicted octanol–water partition coefficient (Wildman–Crippen LogP) is 2.95. The van der Waals surface area contributed by atoms with Crippen LogP contribution in [0.25, 0.3) is 0 Å². The summed E-state index contributed by atoms with van der Waals surface area (Å²) >= 11 is 0. The Morgan fingerprint density at radius 1 is 1.13 bits per heavy atom. The number of rotatable bonds is 2. The third kappa shape index (κ3) is 3.89. The van der Waals surface area contributed by atoms with E-state index in [9.17, 15) is 4.79 Å². The molecule has 2 heterocycles. The first kappa shape index (κ1) is 15.1. The SMILES string of the molecule is Cc1ccccc1C#CC(=O)Oc1cccc(N2CCCC2)n1. The van der Waals surface area contributed by atoms with Crippen molar-refractivity contribution in [3.8, 4) is 17.7 Å². The van der Waals surface area contributed by atoms with E-state index >= 15 is 0 Å². The van der Waals surface area contributed by atoms with E-state index in [1.165, 1.54) is 12.8 Å². The van der Waals surface area contributed by atoms with Crippen molar-refractivity contribution < 1.29 is 9.53 Å². The molecule has 0 saturated carbocycles. The maximum Gasteiger partial charge on any atom is 0.391 e. The second-order valence-electron chi connectivity index (χ2n) is 5.48. The second-order valence-corrected chi connectivity index (χ2v) is 5.48. The first-order valence-electron chi connectivity index (χ1n) is 7.74. The molecule has 116 valence electrons. The van der Waals surface area contributed by atoms with Gasteiger partial charge in [-0.25, -0.2) is 4.79 Å². The van der Waals surface area contributed by atoms with Crippen molar-refractivity contribution in [2.24, 2.45) is 0 Å². The van der Waals surface area contributed by atoms with Crippen LogP contribution in [-0.2, 0) is 4.79 Å². The Morgan fingerprint density at radius 3 is 2.70 bits per heavy atom. The number of aromatic nitrogens is 1. The first-order chi connectivity index (χ1) is 11.2. The summed E-state index contributed by atoms with van der Waals surface area (Å²) in [5.74, 6) is 5.89. The maximum absolute atomic E-state index is 11.9. The van der Waals surface area contributed by atoms with Gasteiger partial charge in [0.25, 0.3) is 0 Å². The summed E-state index contributed by atoms with van der Waals surface area (Å²) in [6, 6.07) is 13.1. The van der Waals surface area contributed by atoms with Crippen molar-refractivity contribution in [2.45, 2.75) is 19.8 Å². The van der Waals surface area contributed by atoms with Crippen LogP contribution < -0.4 is 9.64 Å². The summed E-state index contributed by atoms with van der Waals surface area (Å²) in [7, 11) is 0. The molecule has 1 aliphatic rings. The van der Waals surface area contributed by atoms with E-state index in [0.717, 1.165) is 30.0 Å². The fraction of sp³-hybridized carbons (Fsp3) is 0.263. The van der Waals surface area contributed by atoms with Gasteiger partial charge in [0.2, 0.25) is 5.88 Å². The third-order valence-electron chi connectivity index (χ3n) is 3.78. The van der Waals surface area contributed by atoms with E-state index in [2.05, 4.69) is 21.7 Å². The summed E-state index contributed by atoms with van der Waals surface area (Å²) in [6.07, 6.45) is 2.35. The maximum atomic E-state index is 11.9. The second kappa shape index (κ2) is 6.97. The molecule has 0 aliphatic carbocycles. The molecule has 0 radical (unpaired) electrons. The lowest BCUT2D eigenvalue weighted by Crippen LogP contribution is -2.19. The molecule has 1 aromatic heterocycles. The molecule has 4 heteroatoms. The summed E-state index contributed by atoms with van der Waals surface area (Å²) < 4.78 is 5.23. The standard InChI is InChI=1S/C19H18N2O2/c1-15-7-2-3-8-16(15)11-12-19(22)23-18-10-6-9-17(20-18)21-13-4-5-14-21/h2-3,6-10H,4-5,13-14H2,1H3. The van der Waals surface area contributed by atoms with Crippen LogP contribution in [0.3, 0.4) is 0 Å². The fourth-order valence-corrected chi connectivity index (χ4v) is 2.54. The molecule has 4 nitrogen and oxygen atoms in total. The fourth-order valence-electron chi connectivity index (χ4n) is 2.54. The highest BCUT2D eigenvalue weighted by Crippen LogP contribution is 2.20. The molecular weight excluding hydrogens is 288 g/mol. The molecule has 1 fully saturated rings. The lowest BCUT2D eigenvalue weighted by atomic mass is 10.1. The van der Waals surface area contributed by atoms with Gasteiger partial charge < -0.3 is 9.64 Å². The third-order valence-corrected chi connectivity index (χ3v) is 3.78. The van der Waals surface area contributed by atoms with E-state index in [1.807, 2.05) is 43.3 Å². The van der Waals surface area contributed by atoms with E-state index in [0.29, 0.717) is 5.88 Å². The molecule has 3 rings (SSSR count). The quantitative estimate of drug-likeness (QED) is 0.632. The van der Waals surface area contributed by atoms with Crippen molar-refractivity contribution in [3.63, 3.8) is 0 Å². The van der Waals surface area contributed by atoms with E-state index in [1.54, 1.807) is 6.07 Å². The number of benzene rings is 1. The van der Waals surface area contributed by atoms with Crippen molar-refractivity contribution in [3.05, 3.63) is 53.6 Å². The topological polar surface area (TPSA) is 42.4 Å². The zero-order valence-corrected chi connectivity index (χ0v) is 13.1. The number of esters is 1. The Labute approximate surface area is 136 Å². The number of ether oxygens (including phenoxy) is 1. The number of hydrogen-bond donors (Lipinski definition) is 0.